The summed E-state index contributed by atoms with van der Waals surface area (Å²) in [5.41, 5.74) is -6.92. The Hall–Kier alpha value is -1.53. The number of nitrogens with zero attached hydrogens (tertiary/aromatic N) is 2. The van der Waals surface area contributed by atoms with Crippen molar-refractivity contribution in [3.05, 3.63) is 34.9 Å². The molecule has 2 fully saturated rings. The lowest BCUT2D eigenvalue weighted by atomic mass is 9.78. The second-order valence-corrected chi connectivity index (χ2v) is 9.92. The highest BCUT2D eigenvalue weighted by molar-refractivity contribution is 8.11. The highest BCUT2D eigenvalue weighted by Gasteiger charge is 2.73. The summed E-state index contributed by atoms with van der Waals surface area (Å²) in [6.45, 7) is 2.62. The highest BCUT2D eigenvalue weighted by Crippen LogP contribution is 2.54. The molecule has 2 saturated heterocycles. The molecule has 0 saturated carbocycles. The molecule has 32 heavy (non-hydrogen) atoms. The van der Waals surface area contributed by atoms with Gasteiger partial charge in [0.2, 0.25) is 0 Å². The molecule has 2 aliphatic heterocycles. The summed E-state index contributed by atoms with van der Waals surface area (Å²) in [7, 11) is 0. The van der Waals surface area contributed by atoms with E-state index < -0.39 is 29.2 Å². The molecule has 12 heteroatoms. The zero-order valence-corrected chi connectivity index (χ0v) is 17.7. The van der Waals surface area contributed by atoms with Gasteiger partial charge in [0.25, 0.3) is 5.24 Å². The largest absolute Gasteiger partial charge is 0.435 e. The minimum absolute atomic E-state index is 0.107. The van der Waals surface area contributed by atoms with Crippen LogP contribution in [0, 0.1) is 0 Å². The van der Waals surface area contributed by atoms with Crippen LogP contribution < -0.4 is 0 Å². The summed E-state index contributed by atoms with van der Waals surface area (Å²) in [4.78, 5) is 13.9. The van der Waals surface area contributed by atoms with Gasteiger partial charge in [-0.1, -0.05) is 18.2 Å². The lowest BCUT2D eigenvalue weighted by Crippen LogP contribution is -2.61. The molecule has 1 amide bonds. The van der Waals surface area contributed by atoms with Gasteiger partial charge in [-0.15, -0.1) is 0 Å². The molecule has 0 bridgehead atoms. The van der Waals surface area contributed by atoms with E-state index in [0.717, 1.165) is 18.0 Å². The Morgan fingerprint density at radius 3 is 2.28 bits per heavy atom. The second-order valence-electron chi connectivity index (χ2n) is 8.92. The van der Waals surface area contributed by atoms with Crippen LogP contribution in [0.3, 0.4) is 0 Å². The number of aliphatic hydroxyl groups is 1. The highest BCUT2D eigenvalue weighted by atomic mass is 32.2. The Bertz CT molecular complexity index is 896. The SMILES string of the molecule is CC1(O)CN(C(=O)SN2CCC3c4ccc(C(F)(C(F)(F)F)C(F)(F)F)cc4CCC32)C1. The molecule has 4 nitrogen and oxygen atoms in total. The molecular formula is C20H21F7N2O2S. The first-order chi connectivity index (χ1) is 14.6. The van der Waals surface area contributed by atoms with Crippen molar-refractivity contribution in [2.75, 3.05) is 19.6 Å². The van der Waals surface area contributed by atoms with Crippen LogP contribution in [0.1, 0.15) is 42.4 Å². The Kier molecular flexibility index (Phi) is 5.53. The van der Waals surface area contributed by atoms with E-state index in [1.54, 1.807) is 6.92 Å². The van der Waals surface area contributed by atoms with Gasteiger partial charge in [-0.05, 0) is 37.3 Å². The topological polar surface area (TPSA) is 43.8 Å². The molecule has 2 heterocycles. The molecule has 178 valence electrons. The third-order valence-corrected chi connectivity index (χ3v) is 7.54. The third kappa shape index (κ3) is 3.77. The Morgan fingerprint density at radius 2 is 1.72 bits per heavy atom. The van der Waals surface area contributed by atoms with Crippen molar-refractivity contribution < 1.29 is 40.6 Å². The molecule has 1 aromatic rings. The zero-order chi connectivity index (χ0) is 23.7. The zero-order valence-electron chi connectivity index (χ0n) is 16.9. The van der Waals surface area contributed by atoms with Gasteiger partial charge < -0.3 is 10.0 Å². The smallest absolute Gasteiger partial charge is 0.386 e. The first-order valence-electron chi connectivity index (χ1n) is 10.1. The maximum Gasteiger partial charge on any atom is 0.435 e. The van der Waals surface area contributed by atoms with Gasteiger partial charge in [-0.3, -0.25) is 4.79 Å². The van der Waals surface area contributed by atoms with Gasteiger partial charge in [-0.25, -0.2) is 8.70 Å². The van der Waals surface area contributed by atoms with Crippen molar-refractivity contribution in [3.8, 4) is 0 Å². The number of aryl methyl sites for hydroxylation is 1. The number of β-amino-alcohol motifs (C(OH)–C–C–N with tert-alkyl or cyclic N) is 1. The van der Waals surface area contributed by atoms with Gasteiger partial charge in [-0.2, -0.15) is 26.3 Å². The summed E-state index contributed by atoms with van der Waals surface area (Å²) in [5.74, 6) is -0.168. The first kappa shape index (κ1) is 23.6. The van der Waals surface area contributed by atoms with E-state index in [0.29, 0.717) is 37.1 Å². The van der Waals surface area contributed by atoms with Crippen LogP contribution in [-0.2, 0) is 12.1 Å². The maximum absolute atomic E-state index is 14.4. The van der Waals surface area contributed by atoms with E-state index >= 15 is 0 Å². The second kappa shape index (κ2) is 7.49. The molecule has 1 aliphatic carbocycles. The third-order valence-electron chi connectivity index (χ3n) is 6.44. The number of amides is 1. The predicted octanol–water partition coefficient (Wildman–Crippen LogP) is 4.91. The number of rotatable bonds is 2. The summed E-state index contributed by atoms with van der Waals surface area (Å²) < 4.78 is 94.9. The van der Waals surface area contributed by atoms with Crippen molar-refractivity contribution in [1.82, 2.24) is 9.21 Å². The quantitative estimate of drug-likeness (QED) is 0.477. The van der Waals surface area contributed by atoms with Crippen molar-refractivity contribution in [1.29, 1.82) is 0 Å². The Labute approximate surface area is 183 Å². The van der Waals surface area contributed by atoms with Crippen LogP contribution in [0.5, 0.6) is 0 Å². The Balaban J connectivity index is 1.53. The minimum Gasteiger partial charge on any atom is -0.386 e. The number of carbonyl (C=O) groups is 1. The van der Waals surface area contributed by atoms with Crippen molar-refractivity contribution >= 4 is 17.2 Å². The predicted molar refractivity (Wildman–Crippen MR) is 103 cm³/mol. The molecular weight excluding hydrogens is 465 g/mol. The summed E-state index contributed by atoms with van der Waals surface area (Å²) in [6.07, 6.45) is -11.1. The fourth-order valence-corrected chi connectivity index (χ4v) is 5.93. The van der Waals surface area contributed by atoms with E-state index in [-0.39, 0.29) is 42.3 Å². The number of halogens is 7. The van der Waals surface area contributed by atoms with E-state index in [1.165, 1.54) is 4.90 Å². The lowest BCUT2D eigenvalue weighted by molar-refractivity contribution is -0.348. The Morgan fingerprint density at radius 1 is 1.09 bits per heavy atom. The number of carbonyl (C=O) groups excluding carboxylic acids is 1. The fraction of sp³-hybridized carbons (Fsp3) is 0.650. The van der Waals surface area contributed by atoms with Crippen LogP contribution in [0.25, 0.3) is 0 Å². The van der Waals surface area contributed by atoms with Crippen LogP contribution in [0.2, 0.25) is 0 Å². The van der Waals surface area contributed by atoms with Gasteiger partial charge in [0, 0.05) is 36.0 Å². The molecule has 0 aromatic heterocycles. The van der Waals surface area contributed by atoms with Crippen molar-refractivity contribution in [3.63, 3.8) is 0 Å². The number of hydrogen-bond donors (Lipinski definition) is 1. The molecule has 0 spiro atoms. The normalized spacial score (nSPS) is 25.8. The number of hydrogen-bond acceptors (Lipinski definition) is 4. The number of fused-ring (bicyclic) bond motifs is 3. The van der Waals surface area contributed by atoms with Gasteiger partial charge in [0.1, 0.15) is 0 Å². The fourth-order valence-electron chi connectivity index (χ4n) is 4.90. The summed E-state index contributed by atoms with van der Waals surface area (Å²) in [6, 6.07) is 2.32. The maximum atomic E-state index is 14.4. The molecule has 1 aromatic carbocycles. The van der Waals surface area contributed by atoms with Crippen molar-refractivity contribution in [2.24, 2.45) is 0 Å². The standard InChI is InChI=1S/C20H21F7N2O2S/c1-17(31)9-28(10-17)16(30)32-29-7-6-14-13-4-3-12(8-11(13)2-5-15(14)29)18(21,19(22,23)24)20(25,26)27/h3-4,8,14-15,31H,2,5-7,9-10H2,1H3. The first-order valence-corrected chi connectivity index (χ1v) is 10.8. The van der Waals surface area contributed by atoms with E-state index in [9.17, 15) is 40.6 Å². The molecule has 3 aliphatic rings. The molecule has 4 rings (SSSR count). The molecule has 0 radical (unpaired) electrons. The van der Waals surface area contributed by atoms with Gasteiger partial charge in [0.15, 0.2) is 0 Å². The van der Waals surface area contributed by atoms with Crippen LogP contribution in [0.15, 0.2) is 18.2 Å². The monoisotopic (exact) mass is 486 g/mol. The van der Waals surface area contributed by atoms with Gasteiger partial charge >= 0.3 is 18.0 Å². The minimum atomic E-state index is -6.14. The number of benzene rings is 1. The number of alkyl halides is 7. The molecule has 2 unspecified atom stereocenters. The lowest BCUT2D eigenvalue weighted by Gasteiger charge is -2.44. The summed E-state index contributed by atoms with van der Waals surface area (Å²) in [5, 5.41) is 9.57. The van der Waals surface area contributed by atoms with E-state index in [2.05, 4.69) is 0 Å². The molecule has 1 N–H and O–H groups in total. The van der Waals surface area contributed by atoms with Gasteiger partial charge in [0.05, 0.1) is 18.7 Å². The average Bonchev–Trinajstić information content (AvgIpc) is 3.06. The summed E-state index contributed by atoms with van der Waals surface area (Å²) >= 11 is 1.02. The van der Waals surface area contributed by atoms with Crippen LogP contribution in [-0.4, -0.2) is 63.2 Å². The molecule has 2 atom stereocenters. The van der Waals surface area contributed by atoms with Crippen molar-refractivity contribution in [2.45, 2.75) is 61.8 Å². The van der Waals surface area contributed by atoms with E-state index in [4.69, 9.17) is 0 Å². The average molecular weight is 486 g/mol. The number of likely N-dealkylation sites (tertiary alicyclic amines) is 1. The van der Waals surface area contributed by atoms with Crippen LogP contribution in [0.4, 0.5) is 35.5 Å². The van der Waals surface area contributed by atoms with Crippen LogP contribution >= 0.6 is 11.9 Å². The van der Waals surface area contributed by atoms with E-state index in [1.807, 2.05) is 4.31 Å².